The molecule has 1 amide bonds. The predicted octanol–water partition coefficient (Wildman–Crippen LogP) is 10.7. The normalized spacial score (nSPS) is 14.3. The van der Waals surface area contributed by atoms with Crippen LogP contribution in [0.1, 0.15) is 194 Å². The van der Waals surface area contributed by atoms with Crippen LogP contribution in [0.3, 0.4) is 0 Å². The topological polar surface area (TPSA) is 124 Å². The Morgan fingerprint density at radius 3 is 1.43 bits per heavy atom. The Kier molecular flexibility index (Phi) is 33.9. The minimum Gasteiger partial charge on any atom is -0.387 e. The van der Waals surface area contributed by atoms with Crippen molar-refractivity contribution >= 4 is 16.0 Å². The van der Waals surface area contributed by atoms with E-state index >= 15 is 0 Å². The van der Waals surface area contributed by atoms with E-state index < -0.39 is 40.0 Å². The molecule has 0 heterocycles. The Morgan fingerprint density at radius 2 is 0.959 bits per heavy atom. The van der Waals surface area contributed by atoms with Crippen molar-refractivity contribution in [3.05, 3.63) is 36.5 Å². The van der Waals surface area contributed by atoms with Crippen LogP contribution >= 0.6 is 0 Å². The fourth-order valence-corrected chi connectivity index (χ4v) is 6.75. The van der Waals surface area contributed by atoms with Crippen LogP contribution in [0.25, 0.3) is 0 Å². The number of nitrogens with one attached hydrogen (secondary N) is 1. The number of hydrogen-bond donors (Lipinski definition) is 4. The van der Waals surface area contributed by atoms with Gasteiger partial charge in [0.25, 0.3) is 10.1 Å². The van der Waals surface area contributed by atoms with Crippen molar-refractivity contribution < 1.29 is 28.0 Å². The SMILES string of the molecule is CCCCC/C=C\C/C=C\CCCCCCCCC(O)C(=O)NC(CS(=O)(=O)O)C(O)/C=C/CCCCCCCCCCCCCCCC. The van der Waals surface area contributed by atoms with E-state index in [1.807, 2.05) is 0 Å². The van der Waals surface area contributed by atoms with Crippen molar-refractivity contribution in [3.8, 4) is 0 Å². The average Bonchev–Trinajstić information content (AvgIpc) is 3.06. The Labute approximate surface area is 302 Å². The molecule has 49 heavy (non-hydrogen) atoms. The van der Waals surface area contributed by atoms with Crippen molar-refractivity contribution in [1.29, 1.82) is 0 Å². The Bertz CT molecular complexity index is 932. The molecule has 0 saturated carbocycles. The average molecular weight is 712 g/mol. The van der Waals surface area contributed by atoms with E-state index in [2.05, 4.69) is 43.5 Å². The second-order valence-corrected chi connectivity index (χ2v) is 15.6. The molecule has 3 unspecified atom stereocenters. The highest BCUT2D eigenvalue weighted by Crippen LogP contribution is 2.14. The number of unbranched alkanes of at least 4 members (excludes halogenated alkanes) is 23. The second-order valence-electron chi connectivity index (χ2n) is 14.1. The second kappa shape index (κ2) is 34.9. The number of carbonyl (C=O) groups excluding carboxylic acids is 1. The Balaban J connectivity index is 4.08. The molecule has 0 aliphatic carbocycles. The molecule has 288 valence electrons. The van der Waals surface area contributed by atoms with Crippen LogP contribution in [-0.4, -0.2) is 53.1 Å². The third-order valence-corrected chi connectivity index (χ3v) is 9.95. The summed E-state index contributed by atoms with van der Waals surface area (Å²) in [5.74, 6) is -1.54. The maximum absolute atomic E-state index is 12.6. The number of carbonyl (C=O) groups is 1. The molecule has 0 spiro atoms. The molecule has 7 nitrogen and oxygen atoms in total. The first-order chi connectivity index (χ1) is 23.7. The van der Waals surface area contributed by atoms with Gasteiger partial charge in [-0.25, -0.2) is 0 Å². The molecule has 8 heteroatoms. The predicted molar refractivity (Wildman–Crippen MR) is 208 cm³/mol. The summed E-state index contributed by atoms with van der Waals surface area (Å²) in [5.41, 5.74) is 0. The van der Waals surface area contributed by atoms with Gasteiger partial charge < -0.3 is 15.5 Å². The Hall–Kier alpha value is -1.48. The molecule has 0 radical (unpaired) electrons. The number of rotatable bonds is 36. The van der Waals surface area contributed by atoms with Gasteiger partial charge in [-0.3, -0.25) is 9.35 Å². The molecular weight excluding hydrogens is 635 g/mol. The number of aliphatic hydroxyl groups is 2. The summed E-state index contributed by atoms with van der Waals surface area (Å²) >= 11 is 0. The lowest BCUT2D eigenvalue weighted by Crippen LogP contribution is -2.50. The van der Waals surface area contributed by atoms with Crippen LogP contribution in [-0.2, 0) is 14.9 Å². The molecule has 0 rings (SSSR count). The van der Waals surface area contributed by atoms with E-state index in [1.54, 1.807) is 6.08 Å². The van der Waals surface area contributed by atoms with Crippen molar-refractivity contribution in [2.75, 3.05) is 5.75 Å². The highest BCUT2D eigenvalue weighted by Gasteiger charge is 2.27. The molecule has 3 atom stereocenters. The molecule has 0 aliphatic heterocycles. The largest absolute Gasteiger partial charge is 0.387 e. The van der Waals surface area contributed by atoms with Crippen LogP contribution in [0.4, 0.5) is 0 Å². The first-order valence-corrected chi connectivity index (χ1v) is 21.9. The summed E-state index contributed by atoms with van der Waals surface area (Å²) < 4.78 is 32.5. The highest BCUT2D eigenvalue weighted by molar-refractivity contribution is 7.85. The fraction of sp³-hybridized carbons (Fsp3) is 0.829. The number of amides is 1. The van der Waals surface area contributed by atoms with Gasteiger partial charge in [0.1, 0.15) is 6.10 Å². The van der Waals surface area contributed by atoms with E-state index in [9.17, 15) is 28.0 Å². The monoisotopic (exact) mass is 712 g/mol. The van der Waals surface area contributed by atoms with Gasteiger partial charge in [0.2, 0.25) is 5.91 Å². The van der Waals surface area contributed by atoms with E-state index in [1.165, 1.54) is 109 Å². The van der Waals surface area contributed by atoms with Crippen LogP contribution in [0.15, 0.2) is 36.5 Å². The van der Waals surface area contributed by atoms with E-state index in [0.717, 1.165) is 64.2 Å². The maximum atomic E-state index is 12.6. The van der Waals surface area contributed by atoms with Crippen LogP contribution in [0.5, 0.6) is 0 Å². The van der Waals surface area contributed by atoms with Crippen molar-refractivity contribution in [2.24, 2.45) is 0 Å². The lowest BCUT2D eigenvalue weighted by molar-refractivity contribution is -0.130. The quantitative estimate of drug-likeness (QED) is 0.0291. The van der Waals surface area contributed by atoms with E-state index in [-0.39, 0.29) is 6.42 Å². The molecule has 0 aromatic rings. The van der Waals surface area contributed by atoms with Gasteiger partial charge in [0.15, 0.2) is 0 Å². The minimum atomic E-state index is -4.44. The number of hydrogen-bond acceptors (Lipinski definition) is 5. The summed E-state index contributed by atoms with van der Waals surface area (Å²) in [4.78, 5) is 12.6. The molecule has 0 saturated heterocycles. The zero-order valence-corrected chi connectivity index (χ0v) is 32.5. The van der Waals surface area contributed by atoms with Crippen molar-refractivity contribution in [3.63, 3.8) is 0 Å². The first kappa shape index (κ1) is 47.5. The summed E-state index contributed by atoms with van der Waals surface area (Å²) in [6.07, 6.45) is 41.9. The van der Waals surface area contributed by atoms with Gasteiger partial charge in [-0.05, 0) is 51.4 Å². The lowest BCUT2D eigenvalue weighted by Gasteiger charge is -2.22. The van der Waals surface area contributed by atoms with Gasteiger partial charge in [-0.15, -0.1) is 0 Å². The fourth-order valence-electron chi connectivity index (χ4n) is 6.01. The van der Waals surface area contributed by atoms with E-state index in [4.69, 9.17) is 0 Å². The third-order valence-electron chi connectivity index (χ3n) is 9.17. The van der Waals surface area contributed by atoms with Gasteiger partial charge in [-0.2, -0.15) is 8.42 Å². The Morgan fingerprint density at radius 1 is 0.571 bits per heavy atom. The summed E-state index contributed by atoms with van der Waals surface area (Å²) in [6.45, 7) is 4.48. The molecule has 0 fully saturated rings. The van der Waals surface area contributed by atoms with Gasteiger partial charge in [0, 0.05) is 0 Å². The van der Waals surface area contributed by atoms with Crippen molar-refractivity contribution in [2.45, 2.75) is 212 Å². The van der Waals surface area contributed by atoms with Gasteiger partial charge >= 0.3 is 0 Å². The zero-order chi connectivity index (χ0) is 36.3. The molecule has 4 N–H and O–H groups in total. The van der Waals surface area contributed by atoms with Gasteiger partial charge in [0.05, 0.1) is 17.9 Å². The number of aliphatic hydroxyl groups excluding tert-OH is 2. The molecule has 0 aromatic carbocycles. The van der Waals surface area contributed by atoms with Crippen LogP contribution in [0, 0.1) is 0 Å². The smallest absolute Gasteiger partial charge is 0.267 e. The summed E-state index contributed by atoms with van der Waals surface area (Å²) in [7, 11) is -4.44. The van der Waals surface area contributed by atoms with Crippen LogP contribution < -0.4 is 5.32 Å². The zero-order valence-electron chi connectivity index (χ0n) is 31.7. The van der Waals surface area contributed by atoms with Gasteiger partial charge in [-0.1, -0.05) is 179 Å². The number of allylic oxidation sites excluding steroid dienone is 5. The highest BCUT2D eigenvalue weighted by atomic mass is 32.2. The minimum absolute atomic E-state index is 0.268. The lowest BCUT2D eigenvalue weighted by atomic mass is 10.0. The maximum Gasteiger partial charge on any atom is 0.267 e. The van der Waals surface area contributed by atoms with E-state index in [0.29, 0.717) is 6.42 Å². The van der Waals surface area contributed by atoms with Crippen molar-refractivity contribution in [1.82, 2.24) is 5.32 Å². The summed E-state index contributed by atoms with van der Waals surface area (Å²) in [6, 6.07) is -1.24. The first-order valence-electron chi connectivity index (χ1n) is 20.3. The van der Waals surface area contributed by atoms with Crippen LogP contribution in [0.2, 0.25) is 0 Å². The molecule has 0 aliphatic rings. The summed E-state index contributed by atoms with van der Waals surface area (Å²) in [5, 5.41) is 23.4. The third kappa shape index (κ3) is 34.7. The molecular formula is C41H77NO6S. The molecule has 0 aromatic heterocycles. The molecule has 0 bridgehead atoms. The standard InChI is InChI=1S/C41H77NO6S/c1-3-5-7-9-11-13-15-17-19-21-23-25-27-29-31-33-35-39(43)38(37-49(46,47)48)42-41(45)40(44)36-34-32-30-28-26-24-22-20-18-16-14-12-10-8-6-4-2/h12,14,18,20,33,35,38-40,43-44H,3-11,13,15-17,19,21-32,34,36-37H2,1-2H3,(H,42,45)(H,46,47,48)/b14-12-,20-18-,35-33+.